The third-order valence-corrected chi connectivity index (χ3v) is 8.44. The summed E-state index contributed by atoms with van der Waals surface area (Å²) in [6, 6.07) is 18.7. The molecule has 2 aromatic carbocycles. The van der Waals surface area contributed by atoms with E-state index in [0.29, 0.717) is 25.8 Å². The summed E-state index contributed by atoms with van der Waals surface area (Å²) in [6.07, 6.45) is 6.06. The number of amides is 3. The van der Waals surface area contributed by atoms with Gasteiger partial charge in [0.15, 0.2) is 0 Å². The van der Waals surface area contributed by atoms with Crippen LogP contribution in [0.25, 0.3) is 0 Å². The van der Waals surface area contributed by atoms with E-state index in [2.05, 4.69) is 39.8 Å². The van der Waals surface area contributed by atoms with E-state index in [1.807, 2.05) is 55.1 Å². The molecule has 0 saturated carbocycles. The smallest absolute Gasteiger partial charge is 0.407 e. The number of piperazine rings is 1. The standard InChI is InChI=1S/C33H46N4O4/c1-3-13-28(34-32(40)41-25-27-17-9-6-10-18-27)29-30(38)37(21-4-2)33(31(39)35-29)19-23-36(24-20-33)22-12-11-16-26-14-7-5-8-15-26/h5-10,14-15,17-18,28-29H,3-4,11-13,16,19-25H2,1-2H3,(H,34,40)(H,35,39)/t28-,29-/m1/s1. The second-order valence-electron chi connectivity index (χ2n) is 11.4. The Bertz CT molecular complexity index is 1120. The first-order valence-electron chi connectivity index (χ1n) is 15.3. The van der Waals surface area contributed by atoms with Crippen molar-refractivity contribution in [1.82, 2.24) is 20.4 Å². The van der Waals surface area contributed by atoms with Crippen molar-refractivity contribution in [1.29, 1.82) is 0 Å². The summed E-state index contributed by atoms with van der Waals surface area (Å²) in [4.78, 5) is 44.6. The number of likely N-dealkylation sites (tertiary alicyclic amines) is 1. The lowest BCUT2D eigenvalue weighted by Gasteiger charge is -2.52. The van der Waals surface area contributed by atoms with Crippen molar-refractivity contribution < 1.29 is 19.1 Å². The average molecular weight is 563 g/mol. The van der Waals surface area contributed by atoms with Crippen molar-refractivity contribution in [3.63, 3.8) is 0 Å². The lowest BCUT2D eigenvalue weighted by Crippen LogP contribution is -2.75. The molecule has 1 spiro atoms. The van der Waals surface area contributed by atoms with Crippen LogP contribution in [0.1, 0.15) is 69.9 Å². The van der Waals surface area contributed by atoms with E-state index in [0.717, 1.165) is 57.3 Å². The fourth-order valence-corrected chi connectivity index (χ4v) is 6.16. The summed E-state index contributed by atoms with van der Waals surface area (Å²) in [7, 11) is 0. The van der Waals surface area contributed by atoms with Crippen LogP contribution in [0, 0.1) is 0 Å². The van der Waals surface area contributed by atoms with Crippen LogP contribution in [0.15, 0.2) is 60.7 Å². The molecule has 2 N–H and O–H groups in total. The molecule has 2 fully saturated rings. The number of piperidine rings is 1. The summed E-state index contributed by atoms with van der Waals surface area (Å²) in [6.45, 7) is 7.29. The molecule has 4 rings (SSSR count). The molecular formula is C33H46N4O4. The number of nitrogens with one attached hydrogen (secondary N) is 2. The van der Waals surface area contributed by atoms with Gasteiger partial charge in [0.05, 0.1) is 6.04 Å². The number of benzene rings is 2. The van der Waals surface area contributed by atoms with Gasteiger partial charge >= 0.3 is 6.09 Å². The molecule has 0 radical (unpaired) electrons. The number of aryl methyl sites for hydroxylation is 1. The highest BCUT2D eigenvalue weighted by molar-refractivity contribution is 6.00. The SMILES string of the molecule is CCC[C@@H](NC(=O)OCc1ccccc1)[C@H]1NC(=O)C2(CCN(CCCCc3ccccc3)CC2)N(CCC)C1=O. The number of unbranched alkanes of at least 4 members (excludes halogenated alkanes) is 1. The van der Waals surface area contributed by atoms with E-state index in [4.69, 9.17) is 4.74 Å². The van der Waals surface area contributed by atoms with Crippen molar-refractivity contribution >= 4 is 17.9 Å². The lowest BCUT2D eigenvalue weighted by atomic mass is 9.80. The van der Waals surface area contributed by atoms with E-state index in [-0.39, 0.29) is 18.4 Å². The van der Waals surface area contributed by atoms with Crippen LogP contribution in [-0.2, 0) is 27.4 Å². The Morgan fingerprint density at radius 1 is 0.951 bits per heavy atom. The molecule has 3 amide bonds. The monoisotopic (exact) mass is 562 g/mol. The fourth-order valence-electron chi connectivity index (χ4n) is 6.16. The van der Waals surface area contributed by atoms with Gasteiger partial charge in [0, 0.05) is 19.6 Å². The molecule has 2 aliphatic rings. The molecule has 8 nitrogen and oxygen atoms in total. The molecule has 41 heavy (non-hydrogen) atoms. The number of carbonyl (C=O) groups is 3. The number of alkyl carbamates (subject to hydrolysis) is 1. The molecule has 222 valence electrons. The number of hydrogen-bond donors (Lipinski definition) is 2. The van der Waals surface area contributed by atoms with Gasteiger partial charge in [-0.25, -0.2) is 4.79 Å². The van der Waals surface area contributed by atoms with Gasteiger partial charge < -0.3 is 25.2 Å². The number of carbonyl (C=O) groups excluding carboxylic acids is 3. The van der Waals surface area contributed by atoms with Crippen LogP contribution >= 0.6 is 0 Å². The maximum atomic E-state index is 13.9. The Hall–Kier alpha value is -3.39. The molecule has 2 atom stereocenters. The maximum absolute atomic E-state index is 13.9. The molecule has 2 aromatic rings. The van der Waals surface area contributed by atoms with Crippen LogP contribution in [0.4, 0.5) is 4.79 Å². The van der Waals surface area contributed by atoms with Gasteiger partial charge in [-0.15, -0.1) is 0 Å². The second kappa shape index (κ2) is 15.0. The largest absolute Gasteiger partial charge is 0.445 e. The van der Waals surface area contributed by atoms with Gasteiger partial charge in [-0.2, -0.15) is 0 Å². The predicted octanol–water partition coefficient (Wildman–Crippen LogP) is 4.68. The molecule has 2 heterocycles. The minimum absolute atomic E-state index is 0.0974. The minimum atomic E-state index is -0.825. The summed E-state index contributed by atoms with van der Waals surface area (Å²) < 4.78 is 5.43. The highest BCUT2D eigenvalue weighted by atomic mass is 16.5. The molecule has 0 aliphatic carbocycles. The zero-order valence-corrected chi connectivity index (χ0v) is 24.6. The second-order valence-corrected chi connectivity index (χ2v) is 11.4. The molecule has 2 aliphatic heterocycles. The molecule has 0 unspecified atom stereocenters. The van der Waals surface area contributed by atoms with Crippen molar-refractivity contribution in [3.8, 4) is 0 Å². The summed E-state index contributed by atoms with van der Waals surface area (Å²) >= 11 is 0. The Kier molecular flexibility index (Phi) is 11.2. The average Bonchev–Trinajstić information content (AvgIpc) is 3.00. The molecule has 2 saturated heterocycles. The van der Waals surface area contributed by atoms with Gasteiger partial charge in [-0.1, -0.05) is 80.9 Å². The van der Waals surface area contributed by atoms with E-state index in [9.17, 15) is 14.4 Å². The molecular weight excluding hydrogens is 516 g/mol. The zero-order chi connectivity index (χ0) is 29.1. The summed E-state index contributed by atoms with van der Waals surface area (Å²) in [5, 5.41) is 5.92. The van der Waals surface area contributed by atoms with Crippen molar-refractivity contribution in [2.45, 2.75) is 89.4 Å². The zero-order valence-electron chi connectivity index (χ0n) is 24.6. The van der Waals surface area contributed by atoms with Gasteiger partial charge in [-0.05, 0) is 62.6 Å². The van der Waals surface area contributed by atoms with Gasteiger partial charge in [-0.3, -0.25) is 9.59 Å². The van der Waals surface area contributed by atoms with Crippen LogP contribution < -0.4 is 10.6 Å². The third-order valence-electron chi connectivity index (χ3n) is 8.44. The normalized spacial score (nSPS) is 19.6. The Labute approximate surface area is 244 Å². The van der Waals surface area contributed by atoms with Gasteiger partial charge in [0.1, 0.15) is 18.2 Å². The van der Waals surface area contributed by atoms with Crippen molar-refractivity contribution in [3.05, 3.63) is 71.8 Å². The van der Waals surface area contributed by atoms with E-state index in [1.54, 1.807) is 0 Å². The van der Waals surface area contributed by atoms with E-state index in [1.165, 1.54) is 5.56 Å². The van der Waals surface area contributed by atoms with Crippen LogP contribution in [0.5, 0.6) is 0 Å². The highest BCUT2D eigenvalue weighted by Crippen LogP contribution is 2.34. The first kappa shape index (κ1) is 30.6. The van der Waals surface area contributed by atoms with E-state index < -0.39 is 23.7 Å². The lowest BCUT2D eigenvalue weighted by molar-refractivity contribution is -0.162. The molecule has 0 aromatic heterocycles. The number of ether oxygens (including phenoxy) is 1. The third kappa shape index (κ3) is 7.88. The van der Waals surface area contributed by atoms with Crippen LogP contribution in [-0.4, -0.2) is 71.5 Å². The topological polar surface area (TPSA) is 91.0 Å². The Balaban J connectivity index is 1.34. The van der Waals surface area contributed by atoms with Gasteiger partial charge in [0.2, 0.25) is 11.8 Å². The van der Waals surface area contributed by atoms with E-state index >= 15 is 0 Å². The first-order valence-corrected chi connectivity index (χ1v) is 15.3. The molecule has 8 heteroatoms. The minimum Gasteiger partial charge on any atom is -0.445 e. The van der Waals surface area contributed by atoms with Crippen molar-refractivity contribution in [2.75, 3.05) is 26.2 Å². The maximum Gasteiger partial charge on any atom is 0.407 e. The van der Waals surface area contributed by atoms with Crippen molar-refractivity contribution in [2.24, 2.45) is 0 Å². The Morgan fingerprint density at radius 3 is 2.24 bits per heavy atom. The number of nitrogens with zero attached hydrogens (tertiary/aromatic N) is 2. The predicted molar refractivity (Wildman–Crippen MR) is 160 cm³/mol. The van der Waals surface area contributed by atoms with Crippen LogP contribution in [0.3, 0.4) is 0 Å². The van der Waals surface area contributed by atoms with Crippen LogP contribution in [0.2, 0.25) is 0 Å². The quantitative estimate of drug-likeness (QED) is 0.346. The van der Waals surface area contributed by atoms with Gasteiger partial charge in [0.25, 0.3) is 0 Å². The highest BCUT2D eigenvalue weighted by Gasteiger charge is 2.54. The number of rotatable bonds is 13. The number of hydrogen-bond acceptors (Lipinski definition) is 5. The summed E-state index contributed by atoms with van der Waals surface area (Å²) in [5.41, 5.74) is 1.43. The fraction of sp³-hybridized carbons (Fsp3) is 0.545. The molecule has 0 bridgehead atoms. The summed E-state index contributed by atoms with van der Waals surface area (Å²) in [5.74, 6) is -0.204. The Morgan fingerprint density at radius 2 is 1.61 bits per heavy atom. The first-order chi connectivity index (χ1) is 20.0.